The van der Waals surface area contributed by atoms with Gasteiger partial charge in [0.2, 0.25) is 0 Å². The first-order valence-corrected chi connectivity index (χ1v) is 5.85. The van der Waals surface area contributed by atoms with Crippen molar-refractivity contribution >= 4 is 21.6 Å². The van der Waals surface area contributed by atoms with Crippen molar-refractivity contribution in [3.8, 4) is 12.1 Å². The quantitative estimate of drug-likeness (QED) is 0.865. The molecule has 0 radical (unpaired) electrons. The summed E-state index contributed by atoms with van der Waals surface area (Å²) < 4.78 is 0.769. The Morgan fingerprint density at radius 3 is 2.35 bits per heavy atom. The van der Waals surface area contributed by atoms with E-state index in [1.807, 2.05) is 12.1 Å². The third-order valence-corrected chi connectivity index (χ3v) is 3.01. The van der Waals surface area contributed by atoms with Gasteiger partial charge < -0.3 is 10.0 Å². The van der Waals surface area contributed by atoms with E-state index in [9.17, 15) is 5.11 Å². The molecule has 0 aliphatic heterocycles. The molecule has 0 saturated carbocycles. The number of aliphatic hydroxyl groups excluding tert-OH is 1. The van der Waals surface area contributed by atoms with Crippen molar-refractivity contribution in [3.05, 3.63) is 28.2 Å². The van der Waals surface area contributed by atoms with Crippen LogP contribution >= 0.6 is 15.9 Å². The second-order valence-electron chi connectivity index (χ2n) is 3.55. The Morgan fingerprint density at radius 1 is 1.35 bits per heavy atom. The third-order valence-electron chi connectivity index (χ3n) is 2.32. The van der Waals surface area contributed by atoms with Crippen LogP contribution < -0.4 is 4.90 Å². The van der Waals surface area contributed by atoms with Gasteiger partial charge in [0.1, 0.15) is 13.1 Å². The van der Waals surface area contributed by atoms with Gasteiger partial charge in [0.05, 0.1) is 18.2 Å². The first kappa shape index (κ1) is 13.5. The fraction of sp³-hybridized carbons (Fsp3) is 0.333. The number of hydrogen-bond acceptors (Lipinski definition) is 4. The van der Waals surface area contributed by atoms with Gasteiger partial charge >= 0.3 is 0 Å². The fourth-order valence-electron chi connectivity index (χ4n) is 1.46. The summed E-state index contributed by atoms with van der Waals surface area (Å²) in [6, 6.07) is 9.42. The van der Waals surface area contributed by atoms with Crippen LogP contribution in [0.5, 0.6) is 0 Å². The van der Waals surface area contributed by atoms with Gasteiger partial charge in [-0.1, -0.05) is 22.0 Å². The normalized spacial score (nSPS) is 11.4. The van der Waals surface area contributed by atoms with Gasteiger partial charge in [-0.2, -0.15) is 10.5 Å². The zero-order valence-corrected chi connectivity index (χ0v) is 11.0. The average molecular weight is 294 g/mol. The Bertz CT molecular complexity index is 458. The summed E-state index contributed by atoms with van der Waals surface area (Å²) in [6.07, 6.45) is -0.557. The van der Waals surface area contributed by atoms with Crippen LogP contribution in [0.3, 0.4) is 0 Å². The minimum atomic E-state index is -0.557. The van der Waals surface area contributed by atoms with E-state index in [0.717, 1.165) is 15.7 Å². The van der Waals surface area contributed by atoms with Crippen LogP contribution in [0.2, 0.25) is 0 Å². The van der Waals surface area contributed by atoms with Gasteiger partial charge in [0, 0.05) is 10.2 Å². The molecule has 0 heterocycles. The van der Waals surface area contributed by atoms with E-state index in [1.54, 1.807) is 30.0 Å². The number of nitrogens with zero attached hydrogens (tertiary/aromatic N) is 3. The van der Waals surface area contributed by atoms with E-state index in [1.165, 1.54) is 0 Å². The van der Waals surface area contributed by atoms with Crippen molar-refractivity contribution in [2.45, 2.75) is 13.0 Å². The van der Waals surface area contributed by atoms with Crippen LogP contribution in [0.1, 0.15) is 18.6 Å². The Kier molecular flexibility index (Phi) is 4.96. The standard InChI is InChI=1S/C12H12BrN3O/c1-9(17)11-3-2-10(8-12(11)13)16(6-4-14)7-5-15/h2-3,8-9,17H,6-7H2,1H3. The predicted octanol–water partition coefficient (Wildman–Crippen LogP) is 2.36. The molecule has 5 heteroatoms. The molecule has 1 atom stereocenters. The molecule has 0 saturated heterocycles. The summed E-state index contributed by atoms with van der Waals surface area (Å²) in [6.45, 7) is 2.00. The molecule has 0 spiro atoms. The Balaban J connectivity index is 3.03. The number of halogens is 1. The summed E-state index contributed by atoms with van der Waals surface area (Å²) in [4.78, 5) is 1.66. The largest absolute Gasteiger partial charge is 0.389 e. The molecule has 1 aromatic rings. The number of hydrogen-bond donors (Lipinski definition) is 1. The Morgan fingerprint density at radius 2 is 1.94 bits per heavy atom. The second kappa shape index (κ2) is 6.24. The number of rotatable bonds is 4. The Labute approximate surface area is 109 Å². The van der Waals surface area contributed by atoms with Crippen LogP contribution in [0, 0.1) is 22.7 Å². The molecule has 0 fully saturated rings. The number of nitriles is 2. The predicted molar refractivity (Wildman–Crippen MR) is 68.2 cm³/mol. The molecule has 1 N–H and O–H groups in total. The van der Waals surface area contributed by atoms with E-state index in [4.69, 9.17) is 10.5 Å². The molecule has 1 rings (SSSR count). The summed E-state index contributed by atoms with van der Waals surface area (Å²) in [5, 5.41) is 26.9. The van der Waals surface area contributed by atoms with Crippen molar-refractivity contribution in [2.24, 2.45) is 0 Å². The summed E-state index contributed by atoms with van der Waals surface area (Å²) in [5.74, 6) is 0. The van der Waals surface area contributed by atoms with Gasteiger partial charge in [0.15, 0.2) is 0 Å². The van der Waals surface area contributed by atoms with Crippen LogP contribution in [0.25, 0.3) is 0 Å². The lowest BCUT2D eigenvalue weighted by Crippen LogP contribution is -2.23. The van der Waals surface area contributed by atoms with Crippen molar-refractivity contribution in [2.75, 3.05) is 18.0 Å². The zero-order chi connectivity index (χ0) is 12.8. The van der Waals surface area contributed by atoms with E-state index in [-0.39, 0.29) is 13.1 Å². The maximum atomic E-state index is 9.49. The molecular weight excluding hydrogens is 282 g/mol. The van der Waals surface area contributed by atoms with Gasteiger partial charge in [-0.15, -0.1) is 0 Å². The number of anilines is 1. The molecule has 0 aromatic heterocycles. The van der Waals surface area contributed by atoms with Gasteiger partial charge in [-0.3, -0.25) is 0 Å². The maximum Gasteiger partial charge on any atom is 0.106 e. The minimum Gasteiger partial charge on any atom is -0.389 e. The first-order chi connectivity index (χ1) is 8.10. The smallest absolute Gasteiger partial charge is 0.106 e. The summed E-state index contributed by atoms with van der Waals surface area (Å²) in [7, 11) is 0. The van der Waals surface area contributed by atoms with Crippen LogP contribution in [0.15, 0.2) is 22.7 Å². The van der Waals surface area contributed by atoms with Gasteiger partial charge in [0.25, 0.3) is 0 Å². The Hall–Kier alpha value is -1.56. The van der Waals surface area contributed by atoms with E-state index in [0.29, 0.717) is 0 Å². The highest BCUT2D eigenvalue weighted by atomic mass is 79.9. The van der Waals surface area contributed by atoms with Gasteiger partial charge in [-0.25, -0.2) is 0 Å². The molecule has 0 amide bonds. The van der Waals surface area contributed by atoms with Crippen LogP contribution in [-0.4, -0.2) is 18.2 Å². The zero-order valence-electron chi connectivity index (χ0n) is 9.39. The first-order valence-electron chi connectivity index (χ1n) is 5.06. The number of aliphatic hydroxyl groups is 1. The SMILES string of the molecule is CC(O)c1ccc(N(CC#N)CC#N)cc1Br. The van der Waals surface area contributed by atoms with Gasteiger partial charge in [-0.05, 0) is 24.6 Å². The lowest BCUT2D eigenvalue weighted by atomic mass is 10.1. The minimum absolute atomic E-state index is 0.161. The van der Waals surface area contributed by atoms with E-state index in [2.05, 4.69) is 15.9 Å². The fourth-order valence-corrected chi connectivity index (χ4v) is 2.16. The van der Waals surface area contributed by atoms with Crippen molar-refractivity contribution < 1.29 is 5.11 Å². The number of benzene rings is 1. The molecule has 88 valence electrons. The average Bonchev–Trinajstić information content (AvgIpc) is 2.28. The lowest BCUT2D eigenvalue weighted by Gasteiger charge is -2.19. The van der Waals surface area contributed by atoms with Crippen molar-refractivity contribution in [3.63, 3.8) is 0 Å². The monoisotopic (exact) mass is 293 g/mol. The molecule has 0 aliphatic rings. The third kappa shape index (κ3) is 3.45. The molecule has 17 heavy (non-hydrogen) atoms. The van der Waals surface area contributed by atoms with E-state index >= 15 is 0 Å². The molecular formula is C12H12BrN3O. The highest BCUT2D eigenvalue weighted by molar-refractivity contribution is 9.10. The molecule has 4 nitrogen and oxygen atoms in total. The molecule has 1 aromatic carbocycles. The summed E-state index contributed by atoms with van der Waals surface area (Å²) in [5.41, 5.74) is 1.56. The molecule has 0 bridgehead atoms. The molecule has 0 aliphatic carbocycles. The van der Waals surface area contributed by atoms with Crippen molar-refractivity contribution in [1.29, 1.82) is 10.5 Å². The van der Waals surface area contributed by atoms with E-state index < -0.39 is 6.10 Å². The second-order valence-corrected chi connectivity index (χ2v) is 4.41. The topological polar surface area (TPSA) is 71.0 Å². The van der Waals surface area contributed by atoms with Crippen LogP contribution in [0.4, 0.5) is 5.69 Å². The maximum absolute atomic E-state index is 9.49. The van der Waals surface area contributed by atoms with Crippen molar-refractivity contribution in [1.82, 2.24) is 0 Å². The summed E-state index contributed by atoms with van der Waals surface area (Å²) >= 11 is 3.37. The highest BCUT2D eigenvalue weighted by Crippen LogP contribution is 2.28. The highest BCUT2D eigenvalue weighted by Gasteiger charge is 2.10. The molecule has 1 unspecified atom stereocenters. The lowest BCUT2D eigenvalue weighted by molar-refractivity contribution is 0.198. The van der Waals surface area contributed by atoms with Crippen LogP contribution in [-0.2, 0) is 0 Å².